The van der Waals surface area contributed by atoms with Crippen molar-refractivity contribution in [3.05, 3.63) is 120 Å². The molecule has 1 atom stereocenters. The van der Waals surface area contributed by atoms with Gasteiger partial charge in [-0.1, -0.05) is 55.5 Å². The number of carbonyl (C=O) groups excluding carboxylic acids is 1. The lowest BCUT2D eigenvalue weighted by Crippen LogP contribution is -2.38. The van der Waals surface area contributed by atoms with E-state index in [-0.39, 0.29) is 12.1 Å². The lowest BCUT2D eigenvalue weighted by Gasteiger charge is -2.31. The minimum atomic E-state index is -0.324. The van der Waals surface area contributed by atoms with E-state index in [0.717, 1.165) is 40.4 Å². The third kappa shape index (κ3) is 4.09. The molecule has 0 unspecified atom stereocenters. The first-order chi connectivity index (χ1) is 19.7. The van der Waals surface area contributed by atoms with E-state index >= 15 is 0 Å². The number of para-hydroxylation sites is 1. The molecule has 0 fully saturated rings. The summed E-state index contributed by atoms with van der Waals surface area (Å²) in [5.41, 5.74) is 5.63. The number of fused-ring (bicyclic) bond motifs is 4. The monoisotopic (exact) mass is 531 g/mol. The minimum absolute atomic E-state index is 0.208. The summed E-state index contributed by atoms with van der Waals surface area (Å²) in [5.74, 6) is 2.27. The highest BCUT2D eigenvalue weighted by Crippen LogP contribution is 2.39. The predicted molar refractivity (Wildman–Crippen MR) is 153 cm³/mol. The molecule has 0 saturated heterocycles. The van der Waals surface area contributed by atoms with Crippen LogP contribution in [0.25, 0.3) is 11.5 Å². The summed E-state index contributed by atoms with van der Waals surface area (Å²) in [5, 5.41) is 8.17. The van der Waals surface area contributed by atoms with Crippen molar-refractivity contribution >= 4 is 11.7 Å². The molecule has 4 heterocycles. The highest BCUT2D eigenvalue weighted by molar-refractivity contribution is 5.90. The van der Waals surface area contributed by atoms with E-state index in [2.05, 4.69) is 53.3 Å². The number of benzene rings is 3. The van der Waals surface area contributed by atoms with Gasteiger partial charge in [0, 0.05) is 23.5 Å². The number of hydrogen-bond acceptors (Lipinski definition) is 4. The maximum absolute atomic E-state index is 14.2. The van der Waals surface area contributed by atoms with Crippen LogP contribution in [0.15, 0.2) is 97.2 Å². The molecule has 40 heavy (non-hydrogen) atoms. The third-order valence-corrected chi connectivity index (χ3v) is 7.47. The molecule has 5 aromatic rings. The summed E-state index contributed by atoms with van der Waals surface area (Å²) in [6.45, 7) is 3.50. The van der Waals surface area contributed by atoms with Gasteiger partial charge in [-0.25, -0.2) is 9.48 Å². The van der Waals surface area contributed by atoms with Crippen LogP contribution in [0, 0.1) is 0 Å². The van der Waals surface area contributed by atoms with Gasteiger partial charge in [0.15, 0.2) is 11.5 Å². The zero-order valence-corrected chi connectivity index (χ0v) is 22.2. The van der Waals surface area contributed by atoms with Crippen LogP contribution in [-0.2, 0) is 13.0 Å². The molecule has 8 nitrogen and oxygen atoms in total. The van der Waals surface area contributed by atoms with Crippen LogP contribution >= 0.6 is 0 Å². The summed E-state index contributed by atoms with van der Waals surface area (Å²) in [6, 6.07) is 29.4. The van der Waals surface area contributed by atoms with Gasteiger partial charge in [0.25, 0.3) is 0 Å². The van der Waals surface area contributed by atoms with Crippen LogP contribution in [0.1, 0.15) is 35.5 Å². The van der Waals surface area contributed by atoms with Crippen molar-refractivity contribution < 1.29 is 14.3 Å². The van der Waals surface area contributed by atoms with Crippen LogP contribution in [0.5, 0.6) is 11.5 Å². The molecule has 2 amide bonds. The number of rotatable bonds is 4. The average molecular weight is 532 g/mol. The van der Waals surface area contributed by atoms with Gasteiger partial charge in [-0.05, 0) is 48.4 Å². The van der Waals surface area contributed by atoms with E-state index in [9.17, 15) is 4.79 Å². The molecule has 0 bridgehead atoms. The maximum Gasteiger partial charge on any atom is 0.322 e. The molecule has 0 radical (unpaired) electrons. The van der Waals surface area contributed by atoms with Crippen LogP contribution in [0.3, 0.4) is 0 Å². The van der Waals surface area contributed by atoms with Gasteiger partial charge in [-0.15, -0.1) is 0 Å². The Morgan fingerprint density at radius 2 is 1.68 bits per heavy atom. The molecule has 2 aromatic heterocycles. The van der Waals surface area contributed by atoms with Gasteiger partial charge in [-0.3, -0.25) is 0 Å². The van der Waals surface area contributed by atoms with Gasteiger partial charge in [-0.2, -0.15) is 5.10 Å². The van der Waals surface area contributed by atoms with E-state index in [1.807, 2.05) is 70.2 Å². The number of urea groups is 1. The molecule has 0 spiro atoms. The van der Waals surface area contributed by atoms with E-state index in [1.54, 1.807) is 0 Å². The van der Waals surface area contributed by atoms with E-state index in [1.165, 1.54) is 0 Å². The number of aromatic nitrogens is 3. The highest BCUT2D eigenvalue weighted by atomic mass is 16.6. The molecule has 2 aliphatic rings. The van der Waals surface area contributed by atoms with Gasteiger partial charge in [0.05, 0.1) is 29.7 Å². The molecular weight excluding hydrogens is 502 g/mol. The summed E-state index contributed by atoms with van der Waals surface area (Å²) >= 11 is 0. The van der Waals surface area contributed by atoms with E-state index < -0.39 is 0 Å². The predicted octanol–water partition coefficient (Wildman–Crippen LogP) is 6.13. The average Bonchev–Trinajstić information content (AvgIpc) is 3.59. The van der Waals surface area contributed by atoms with Crippen molar-refractivity contribution in [1.29, 1.82) is 0 Å². The second kappa shape index (κ2) is 9.96. The first kappa shape index (κ1) is 24.1. The van der Waals surface area contributed by atoms with Crippen LogP contribution in [-0.4, -0.2) is 38.5 Å². The Balaban J connectivity index is 1.37. The lowest BCUT2D eigenvalue weighted by molar-refractivity contribution is 0.171. The quantitative estimate of drug-likeness (QED) is 0.303. The van der Waals surface area contributed by atoms with Crippen molar-refractivity contribution in [2.75, 3.05) is 18.5 Å². The molecule has 2 aliphatic heterocycles. The van der Waals surface area contributed by atoms with Crippen LogP contribution in [0.2, 0.25) is 0 Å². The SMILES string of the molecule is CCc1nn(-c2ccccc2)c2c1CN(C(=O)Nc1ccc3c(c1)OCCO3)[C@@H](c1ccccc1)c1cccn1-2. The van der Waals surface area contributed by atoms with Crippen LogP contribution < -0.4 is 14.8 Å². The molecule has 0 saturated carbocycles. The lowest BCUT2D eigenvalue weighted by atomic mass is 10.0. The zero-order chi connectivity index (χ0) is 27.1. The number of aryl methyl sites for hydroxylation is 1. The first-order valence-electron chi connectivity index (χ1n) is 13.6. The third-order valence-electron chi connectivity index (χ3n) is 7.47. The fourth-order valence-corrected chi connectivity index (χ4v) is 5.65. The smallest absolute Gasteiger partial charge is 0.322 e. The van der Waals surface area contributed by atoms with Crippen molar-refractivity contribution in [2.45, 2.75) is 25.9 Å². The molecule has 8 heteroatoms. The molecule has 200 valence electrons. The Hall–Kier alpha value is -4.98. The summed E-state index contributed by atoms with van der Waals surface area (Å²) in [7, 11) is 0. The number of nitrogens with zero attached hydrogens (tertiary/aromatic N) is 4. The Morgan fingerprint density at radius 1 is 0.925 bits per heavy atom. The summed E-state index contributed by atoms with van der Waals surface area (Å²) in [6.07, 6.45) is 2.80. The first-order valence-corrected chi connectivity index (χ1v) is 13.6. The van der Waals surface area contributed by atoms with Gasteiger partial charge >= 0.3 is 6.03 Å². The number of nitrogens with one attached hydrogen (secondary N) is 1. The summed E-state index contributed by atoms with van der Waals surface area (Å²) < 4.78 is 15.6. The standard InChI is InChI=1S/C32H29N5O3/c1-2-26-25-21-36(32(38)33-23-15-16-28-29(20-23)40-19-18-39-28)30(22-10-5-3-6-11-22)27-14-9-17-35(27)31(25)37(34-26)24-12-7-4-8-13-24/h3-17,20,30H,2,18-19,21H2,1H3,(H,33,38)/t30-/m0/s1. The Kier molecular flexibility index (Phi) is 6.00. The molecule has 0 aliphatic carbocycles. The zero-order valence-electron chi connectivity index (χ0n) is 22.2. The topological polar surface area (TPSA) is 73.6 Å². The van der Waals surface area contributed by atoms with Crippen molar-refractivity contribution in [2.24, 2.45) is 0 Å². The Bertz CT molecular complexity index is 1680. The molecule has 3 aromatic carbocycles. The van der Waals surface area contributed by atoms with Crippen molar-refractivity contribution in [3.63, 3.8) is 0 Å². The Labute approximate surface area is 232 Å². The van der Waals surface area contributed by atoms with Crippen molar-refractivity contribution in [3.8, 4) is 23.0 Å². The number of amides is 2. The van der Waals surface area contributed by atoms with Crippen LogP contribution in [0.4, 0.5) is 10.5 Å². The van der Waals surface area contributed by atoms with Gasteiger partial charge in [0.1, 0.15) is 19.0 Å². The second-order valence-corrected chi connectivity index (χ2v) is 9.88. The fourth-order valence-electron chi connectivity index (χ4n) is 5.65. The second-order valence-electron chi connectivity index (χ2n) is 9.88. The largest absolute Gasteiger partial charge is 0.486 e. The number of ether oxygens (including phenoxy) is 2. The number of anilines is 1. The van der Waals surface area contributed by atoms with E-state index in [4.69, 9.17) is 14.6 Å². The maximum atomic E-state index is 14.2. The molecular formula is C32H29N5O3. The fraction of sp³-hybridized carbons (Fsp3) is 0.188. The van der Waals surface area contributed by atoms with E-state index in [0.29, 0.717) is 36.9 Å². The highest BCUT2D eigenvalue weighted by Gasteiger charge is 2.36. The number of hydrogen-bond donors (Lipinski definition) is 1. The van der Waals surface area contributed by atoms with Crippen molar-refractivity contribution in [1.82, 2.24) is 19.2 Å². The normalized spacial score (nSPS) is 15.6. The molecule has 1 N–H and O–H groups in total. The summed E-state index contributed by atoms with van der Waals surface area (Å²) in [4.78, 5) is 16.1. The minimum Gasteiger partial charge on any atom is -0.486 e. The number of carbonyl (C=O) groups is 1. The Morgan fingerprint density at radius 3 is 2.45 bits per heavy atom. The molecule has 7 rings (SSSR count). The van der Waals surface area contributed by atoms with Gasteiger partial charge < -0.3 is 24.3 Å². The van der Waals surface area contributed by atoms with Gasteiger partial charge in [0.2, 0.25) is 0 Å².